The van der Waals surface area contributed by atoms with E-state index in [2.05, 4.69) is 24.1 Å². The van der Waals surface area contributed by atoms with Gasteiger partial charge in [0, 0.05) is 16.6 Å². The molecule has 2 rings (SSSR count). The Labute approximate surface area is 158 Å². The number of amides is 1. The minimum atomic E-state index is -0.206. The summed E-state index contributed by atoms with van der Waals surface area (Å²) in [4.78, 5) is 17.4. The number of hydrogen-bond acceptors (Lipinski definition) is 6. The molecule has 1 atom stereocenters. The molecule has 0 saturated heterocycles. The van der Waals surface area contributed by atoms with E-state index in [1.54, 1.807) is 23.5 Å². The number of methoxy groups -OCH3 is 3. The highest BCUT2D eigenvalue weighted by Gasteiger charge is 2.22. The van der Waals surface area contributed by atoms with Crippen molar-refractivity contribution >= 4 is 17.2 Å². The Morgan fingerprint density at radius 3 is 2.19 bits per heavy atom. The smallest absolute Gasteiger partial charge is 0.252 e. The molecule has 0 radical (unpaired) electrons. The summed E-state index contributed by atoms with van der Waals surface area (Å²) in [5.74, 6) is 1.57. The molecule has 0 aliphatic heterocycles. The van der Waals surface area contributed by atoms with Gasteiger partial charge < -0.3 is 19.5 Å². The molecule has 7 heteroatoms. The third kappa shape index (κ3) is 4.66. The zero-order valence-corrected chi connectivity index (χ0v) is 16.9. The molecule has 0 aliphatic rings. The van der Waals surface area contributed by atoms with Crippen molar-refractivity contribution in [2.75, 3.05) is 21.3 Å². The largest absolute Gasteiger partial charge is 0.493 e. The quantitative estimate of drug-likeness (QED) is 0.752. The van der Waals surface area contributed by atoms with Crippen LogP contribution in [0.1, 0.15) is 47.4 Å². The van der Waals surface area contributed by atoms with Crippen molar-refractivity contribution in [3.05, 3.63) is 33.8 Å². The zero-order valence-electron chi connectivity index (χ0n) is 16.1. The Morgan fingerprint density at radius 1 is 1.15 bits per heavy atom. The van der Waals surface area contributed by atoms with Crippen LogP contribution in [-0.4, -0.2) is 32.2 Å². The molecule has 1 unspecified atom stereocenters. The Kier molecular flexibility index (Phi) is 6.85. The Morgan fingerprint density at radius 2 is 1.77 bits per heavy atom. The van der Waals surface area contributed by atoms with Crippen molar-refractivity contribution in [3.8, 4) is 17.2 Å². The summed E-state index contributed by atoms with van der Waals surface area (Å²) in [5, 5.41) is 6.00. The lowest BCUT2D eigenvalue weighted by Crippen LogP contribution is -2.29. The van der Waals surface area contributed by atoms with Gasteiger partial charge in [-0.2, -0.15) is 0 Å². The van der Waals surface area contributed by atoms with Crippen LogP contribution in [-0.2, 0) is 0 Å². The Hall–Kier alpha value is -2.28. The maximum absolute atomic E-state index is 12.9. The van der Waals surface area contributed by atoms with Gasteiger partial charge in [0.25, 0.3) is 5.91 Å². The predicted molar refractivity (Wildman–Crippen MR) is 103 cm³/mol. The van der Waals surface area contributed by atoms with Crippen molar-refractivity contribution in [1.29, 1.82) is 0 Å². The highest BCUT2D eigenvalue weighted by molar-refractivity contribution is 7.09. The van der Waals surface area contributed by atoms with Crippen molar-refractivity contribution in [1.82, 2.24) is 10.3 Å². The number of aromatic nitrogens is 1. The zero-order chi connectivity index (χ0) is 19.3. The van der Waals surface area contributed by atoms with Gasteiger partial charge in [-0.3, -0.25) is 4.79 Å². The van der Waals surface area contributed by atoms with Crippen molar-refractivity contribution in [2.24, 2.45) is 5.92 Å². The molecule has 26 heavy (non-hydrogen) atoms. The number of benzene rings is 1. The van der Waals surface area contributed by atoms with E-state index < -0.39 is 0 Å². The van der Waals surface area contributed by atoms with E-state index in [1.165, 1.54) is 21.3 Å². The van der Waals surface area contributed by atoms with Gasteiger partial charge in [0.15, 0.2) is 11.5 Å². The summed E-state index contributed by atoms with van der Waals surface area (Å²) in [7, 11) is 4.58. The summed E-state index contributed by atoms with van der Waals surface area (Å²) >= 11 is 1.56. The summed E-state index contributed by atoms with van der Waals surface area (Å²) in [5.41, 5.74) is 1.40. The van der Waals surface area contributed by atoms with Gasteiger partial charge in [-0.25, -0.2) is 4.98 Å². The average molecular weight is 378 g/mol. The van der Waals surface area contributed by atoms with Crippen LogP contribution in [0.2, 0.25) is 0 Å². The SMILES string of the molecule is COc1cc(C(=O)NC(CC(C)C)c2nc(C)cs2)cc(OC)c1OC. The minimum absolute atomic E-state index is 0.139. The number of aryl methyl sites for hydroxylation is 1. The maximum Gasteiger partial charge on any atom is 0.252 e. The van der Waals surface area contributed by atoms with E-state index in [4.69, 9.17) is 14.2 Å². The second-order valence-corrected chi connectivity index (χ2v) is 7.29. The van der Waals surface area contributed by atoms with E-state index >= 15 is 0 Å². The third-order valence-corrected chi connectivity index (χ3v) is 4.95. The number of carbonyl (C=O) groups is 1. The average Bonchev–Trinajstić information content (AvgIpc) is 3.05. The molecule has 1 aromatic carbocycles. The topological polar surface area (TPSA) is 69.7 Å². The first-order chi connectivity index (χ1) is 12.4. The second-order valence-electron chi connectivity index (χ2n) is 6.40. The van der Waals surface area contributed by atoms with Crippen LogP contribution in [0, 0.1) is 12.8 Å². The fraction of sp³-hybridized carbons (Fsp3) is 0.474. The molecule has 0 bridgehead atoms. The molecule has 0 saturated carbocycles. The molecule has 1 aromatic heterocycles. The molecule has 0 fully saturated rings. The highest BCUT2D eigenvalue weighted by atomic mass is 32.1. The number of carbonyl (C=O) groups excluding carboxylic acids is 1. The Bertz CT molecular complexity index is 733. The van der Waals surface area contributed by atoms with Gasteiger partial charge in [0.05, 0.1) is 27.4 Å². The lowest BCUT2D eigenvalue weighted by Gasteiger charge is -2.19. The molecule has 1 amide bonds. The lowest BCUT2D eigenvalue weighted by molar-refractivity contribution is 0.0931. The fourth-order valence-electron chi connectivity index (χ4n) is 2.68. The standard InChI is InChI=1S/C19H26N2O4S/c1-11(2)7-14(19-20-12(3)10-26-19)21-18(22)13-8-15(23-4)17(25-6)16(9-13)24-5/h8-11,14H,7H2,1-6H3,(H,21,22). The van der Waals surface area contributed by atoms with Crippen LogP contribution < -0.4 is 19.5 Å². The molecule has 1 heterocycles. The van der Waals surface area contributed by atoms with Gasteiger partial charge in [0.2, 0.25) is 5.75 Å². The van der Waals surface area contributed by atoms with Crippen molar-refractivity contribution in [2.45, 2.75) is 33.2 Å². The van der Waals surface area contributed by atoms with Crippen LogP contribution in [0.5, 0.6) is 17.2 Å². The van der Waals surface area contributed by atoms with Gasteiger partial charge in [-0.15, -0.1) is 11.3 Å². The Balaban J connectivity index is 2.31. The summed E-state index contributed by atoms with van der Waals surface area (Å²) in [6, 6.07) is 3.16. The van der Waals surface area contributed by atoms with E-state index in [1.807, 2.05) is 12.3 Å². The number of hydrogen-bond donors (Lipinski definition) is 1. The first-order valence-corrected chi connectivity index (χ1v) is 9.30. The number of nitrogens with one attached hydrogen (secondary N) is 1. The number of thiazole rings is 1. The van der Waals surface area contributed by atoms with Crippen LogP contribution in [0.4, 0.5) is 0 Å². The minimum Gasteiger partial charge on any atom is -0.493 e. The highest BCUT2D eigenvalue weighted by Crippen LogP contribution is 2.38. The molecule has 142 valence electrons. The van der Waals surface area contributed by atoms with E-state index in [0.717, 1.165) is 17.1 Å². The number of rotatable bonds is 8. The van der Waals surface area contributed by atoms with Crippen molar-refractivity contribution < 1.29 is 19.0 Å². The van der Waals surface area contributed by atoms with Gasteiger partial charge in [-0.05, 0) is 31.4 Å². The molecular formula is C19H26N2O4S. The van der Waals surface area contributed by atoms with Crippen LogP contribution in [0.25, 0.3) is 0 Å². The van der Waals surface area contributed by atoms with Crippen LogP contribution >= 0.6 is 11.3 Å². The normalized spacial score (nSPS) is 12.0. The summed E-state index contributed by atoms with van der Waals surface area (Å²) in [6.45, 7) is 6.20. The molecule has 0 aliphatic carbocycles. The summed E-state index contributed by atoms with van der Waals surface area (Å²) < 4.78 is 16.0. The van der Waals surface area contributed by atoms with Crippen molar-refractivity contribution in [3.63, 3.8) is 0 Å². The fourth-order valence-corrected chi connectivity index (χ4v) is 3.54. The van der Waals surface area contributed by atoms with Gasteiger partial charge >= 0.3 is 0 Å². The molecule has 0 spiro atoms. The van der Waals surface area contributed by atoms with Gasteiger partial charge in [-0.1, -0.05) is 13.8 Å². The summed E-state index contributed by atoms with van der Waals surface area (Å²) in [6.07, 6.45) is 0.809. The molecule has 6 nitrogen and oxygen atoms in total. The van der Waals surface area contributed by atoms with E-state index in [0.29, 0.717) is 28.7 Å². The maximum atomic E-state index is 12.9. The van der Waals surface area contributed by atoms with Crippen LogP contribution in [0.15, 0.2) is 17.5 Å². The molecular weight excluding hydrogens is 352 g/mol. The second kappa shape index (κ2) is 8.89. The first-order valence-electron chi connectivity index (χ1n) is 8.42. The number of ether oxygens (including phenoxy) is 3. The third-order valence-electron chi connectivity index (χ3n) is 3.87. The van der Waals surface area contributed by atoms with Gasteiger partial charge in [0.1, 0.15) is 5.01 Å². The molecule has 1 N–H and O–H groups in total. The monoisotopic (exact) mass is 378 g/mol. The first kappa shape index (κ1) is 20.0. The number of nitrogens with zero attached hydrogens (tertiary/aromatic N) is 1. The van der Waals surface area contributed by atoms with E-state index in [9.17, 15) is 4.79 Å². The van der Waals surface area contributed by atoms with E-state index in [-0.39, 0.29) is 11.9 Å². The lowest BCUT2D eigenvalue weighted by atomic mass is 10.0. The molecule has 2 aromatic rings. The predicted octanol–water partition coefficient (Wildman–Crippen LogP) is 3.99. The van der Waals surface area contributed by atoms with Crippen LogP contribution in [0.3, 0.4) is 0 Å².